The first-order chi connectivity index (χ1) is 9.38. The molecular weight excluding hydrogens is 256 g/mol. The molecule has 0 aromatic heterocycles. The van der Waals surface area contributed by atoms with Crippen LogP contribution in [0.25, 0.3) is 0 Å². The van der Waals surface area contributed by atoms with E-state index in [4.69, 9.17) is 0 Å². The van der Waals surface area contributed by atoms with E-state index in [0.717, 1.165) is 11.1 Å². The van der Waals surface area contributed by atoms with Crippen LogP contribution < -0.4 is 10.9 Å². The minimum Gasteiger partial charge on any atom is -0.277 e. The second-order valence-corrected chi connectivity index (χ2v) is 4.77. The molecule has 0 saturated heterocycles. The molecule has 2 aliphatic carbocycles. The predicted octanol–water partition coefficient (Wildman–Crippen LogP) is 2.18. The molecule has 2 radical (unpaired) electrons. The number of hydrogen-bond acceptors (Lipinski definition) is 5. The summed E-state index contributed by atoms with van der Waals surface area (Å²) in [6, 6.07) is 0. The third kappa shape index (κ3) is 4.79. The molecular formula is C14H16N4S. The molecule has 0 atom stereocenters. The van der Waals surface area contributed by atoms with Crippen molar-refractivity contribution in [1.82, 2.24) is 10.9 Å². The SMILES string of the molecule is CSC(N/N=C/C1=CC=C[CH]1)N/N=C/C1=CC=C[CH]1. The summed E-state index contributed by atoms with van der Waals surface area (Å²) in [5.74, 6) is 0. The average Bonchev–Trinajstić information content (AvgIpc) is 3.10. The fourth-order valence-electron chi connectivity index (χ4n) is 1.44. The monoisotopic (exact) mass is 272 g/mol. The Morgan fingerprint density at radius 1 is 0.947 bits per heavy atom. The van der Waals surface area contributed by atoms with Crippen LogP contribution >= 0.6 is 11.8 Å². The number of allylic oxidation sites excluding steroid dienone is 8. The fourth-order valence-corrected chi connectivity index (χ4v) is 1.78. The second kappa shape index (κ2) is 7.63. The highest BCUT2D eigenvalue weighted by Crippen LogP contribution is 2.07. The van der Waals surface area contributed by atoms with E-state index < -0.39 is 0 Å². The molecule has 0 heterocycles. The van der Waals surface area contributed by atoms with Crippen molar-refractivity contribution < 1.29 is 0 Å². The summed E-state index contributed by atoms with van der Waals surface area (Å²) in [6.07, 6.45) is 21.5. The highest BCUT2D eigenvalue weighted by molar-refractivity contribution is 7.99. The number of rotatable bonds is 7. The number of nitrogens with zero attached hydrogens (tertiary/aromatic N) is 2. The molecule has 0 unspecified atom stereocenters. The number of nitrogens with one attached hydrogen (secondary N) is 2. The summed E-state index contributed by atoms with van der Waals surface area (Å²) in [5.41, 5.74) is 8.09. The topological polar surface area (TPSA) is 48.8 Å². The van der Waals surface area contributed by atoms with Crippen molar-refractivity contribution >= 4 is 24.2 Å². The molecule has 4 nitrogen and oxygen atoms in total. The van der Waals surface area contributed by atoms with Crippen LogP contribution in [-0.4, -0.2) is 24.2 Å². The van der Waals surface area contributed by atoms with Crippen LogP contribution in [0.2, 0.25) is 0 Å². The zero-order valence-corrected chi connectivity index (χ0v) is 11.5. The molecule has 0 saturated carbocycles. The molecule has 0 fully saturated rings. The maximum Gasteiger partial charge on any atom is 0.175 e. The predicted molar refractivity (Wildman–Crippen MR) is 83.6 cm³/mol. The Labute approximate surface area is 118 Å². The molecule has 19 heavy (non-hydrogen) atoms. The summed E-state index contributed by atoms with van der Waals surface area (Å²) in [4.78, 5) is 0. The number of hydrogen-bond donors (Lipinski definition) is 2. The molecule has 2 rings (SSSR count). The molecule has 5 heteroatoms. The molecule has 0 aromatic rings. The Balaban J connectivity index is 1.70. The smallest absolute Gasteiger partial charge is 0.175 e. The fraction of sp³-hybridized carbons (Fsp3) is 0.143. The van der Waals surface area contributed by atoms with E-state index in [1.165, 1.54) is 0 Å². The van der Waals surface area contributed by atoms with Crippen LogP contribution in [-0.2, 0) is 0 Å². The summed E-state index contributed by atoms with van der Waals surface area (Å²) in [5, 5.41) is 8.34. The van der Waals surface area contributed by atoms with Gasteiger partial charge < -0.3 is 0 Å². The van der Waals surface area contributed by atoms with Gasteiger partial charge >= 0.3 is 0 Å². The molecule has 0 aromatic carbocycles. The molecule has 2 N–H and O–H groups in total. The van der Waals surface area contributed by atoms with Crippen molar-refractivity contribution in [2.24, 2.45) is 10.2 Å². The van der Waals surface area contributed by atoms with E-state index in [1.807, 2.05) is 55.6 Å². The summed E-state index contributed by atoms with van der Waals surface area (Å²) in [6.45, 7) is 0. The van der Waals surface area contributed by atoms with E-state index in [9.17, 15) is 0 Å². The first-order valence-electron chi connectivity index (χ1n) is 5.92. The zero-order valence-electron chi connectivity index (χ0n) is 10.7. The summed E-state index contributed by atoms with van der Waals surface area (Å²) >= 11 is 1.59. The Bertz CT molecular complexity index is 430. The maximum atomic E-state index is 4.17. The molecule has 0 amide bonds. The van der Waals surface area contributed by atoms with Gasteiger partial charge in [0.1, 0.15) is 0 Å². The summed E-state index contributed by atoms with van der Waals surface area (Å²) in [7, 11) is 0. The lowest BCUT2D eigenvalue weighted by Crippen LogP contribution is -2.33. The van der Waals surface area contributed by atoms with Crippen molar-refractivity contribution in [2.75, 3.05) is 6.26 Å². The minimum absolute atomic E-state index is 0.0579. The largest absolute Gasteiger partial charge is 0.277 e. The minimum atomic E-state index is -0.0579. The Morgan fingerprint density at radius 3 is 1.84 bits per heavy atom. The standard InChI is InChI=1S/C14H16N4S/c1-19-14(17-15-10-12-6-2-3-7-12)18-16-11-13-8-4-5-9-13/h2-11,14,17-18H,1H3/b15-10+,16-11+. The van der Waals surface area contributed by atoms with E-state index >= 15 is 0 Å². The van der Waals surface area contributed by atoms with Crippen LogP contribution in [0.15, 0.2) is 57.8 Å². The lowest BCUT2D eigenvalue weighted by molar-refractivity contribution is 0.587. The van der Waals surface area contributed by atoms with E-state index in [0.29, 0.717) is 0 Å². The van der Waals surface area contributed by atoms with Crippen molar-refractivity contribution in [1.29, 1.82) is 0 Å². The van der Waals surface area contributed by atoms with Crippen LogP contribution in [0.5, 0.6) is 0 Å². The van der Waals surface area contributed by atoms with Gasteiger partial charge in [0.25, 0.3) is 0 Å². The lowest BCUT2D eigenvalue weighted by Gasteiger charge is -2.12. The van der Waals surface area contributed by atoms with E-state index in [1.54, 1.807) is 24.2 Å². The van der Waals surface area contributed by atoms with Gasteiger partial charge in [-0.3, -0.25) is 10.9 Å². The normalized spacial score (nSPS) is 17.8. The van der Waals surface area contributed by atoms with E-state index in [-0.39, 0.29) is 5.50 Å². The maximum absolute atomic E-state index is 4.17. The molecule has 0 aliphatic heterocycles. The van der Waals surface area contributed by atoms with Gasteiger partial charge in [0.2, 0.25) is 0 Å². The first-order valence-corrected chi connectivity index (χ1v) is 7.20. The number of hydrazone groups is 2. The van der Waals surface area contributed by atoms with Gasteiger partial charge in [0.05, 0.1) is 12.4 Å². The van der Waals surface area contributed by atoms with Crippen LogP contribution in [0, 0.1) is 12.8 Å². The lowest BCUT2D eigenvalue weighted by atomic mass is 10.3. The van der Waals surface area contributed by atoms with Crippen LogP contribution in [0.1, 0.15) is 0 Å². The third-order valence-corrected chi connectivity index (χ3v) is 3.11. The van der Waals surface area contributed by atoms with Gasteiger partial charge in [-0.15, -0.1) is 11.8 Å². The quantitative estimate of drug-likeness (QED) is 0.424. The van der Waals surface area contributed by atoms with Crippen molar-refractivity contribution in [2.45, 2.75) is 5.50 Å². The van der Waals surface area contributed by atoms with Gasteiger partial charge in [-0.05, 0) is 17.4 Å². The van der Waals surface area contributed by atoms with Crippen molar-refractivity contribution in [3.63, 3.8) is 0 Å². The van der Waals surface area contributed by atoms with Crippen molar-refractivity contribution in [3.8, 4) is 0 Å². The summed E-state index contributed by atoms with van der Waals surface area (Å²) < 4.78 is 0. The second-order valence-electron chi connectivity index (χ2n) is 3.83. The van der Waals surface area contributed by atoms with Gasteiger partial charge in [-0.2, -0.15) is 10.2 Å². The molecule has 0 spiro atoms. The Hall–Kier alpha value is -1.75. The zero-order chi connectivity index (χ0) is 13.3. The Kier molecular flexibility index (Phi) is 5.49. The molecule has 98 valence electrons. The Morgan fingerprint density at radius 2 is 1.47 bits per heavy atom. The third-order valence-electron chi connectivity index (χ3n) is 2.42. The van der Waals surface area contributed by atoms with E-state index in [2.05, 4.69) is 21.1 Å². The molecule has 2 aliphatic rings. The highest BCUT2D eigenvalue weighted by atomic mass is 32.2. The first kappa shape index (κ1) is 13.7. The van der Waals surface area contributed by atoms with Crippen LogP contribution in [0.4, 0.5) is 0 Å². The van der Waals surface area contributed by atoms with Crippen molar-refractivity contribution in [3.05, 3.63) is 60.4 Å². The van der Waals surface area contributed by atoms with Gasteiger partial charge in [-0.25, -0.2) is 0 Å². The van der Waals surface area contributed by atoms with Gasteiger partial charge in [-0.1, -0.05) is 36.5 Å². The number of thioether (sulfide) groups is 1. The van der Waals surface area contributed by atoms with Gasteiger partial charge in [0, 0.05) is 12.8 Å². The molecule has 0 bridgehead atoms. The van der Waals surface area contributed by atoms with Gasteiger partial charge in [0.15, 0.2) is 5.50 Å². The average molecular weight is 272 g/mol. The van der Waals surface area contributed by atoms with Crippen LogP contribution in [0.3, 0.4) is 0 Å². The highest BCUT2D eigenvalue weighted by Gasteiger charge is 2.02.